The second-order valence-corrected chi connectivity index (χ2v) is 6.28. The van der Waals surface area contributed by atoms with Crippen molar-refractivity contribution < 1.29 is 4.79 Å². The van der Waals surface area contributed by atoms with Crippen molar-refractivity contribution >= 4 is 22.2 Å². The van der Waals surface area contributed by atoms with Gasteiger partial charge in [-0.15, -0.1) is 11.3 Å². The number of benzene rings is 1. The molecule has 0 atom stereocenters. The van der Waals surface area contributed by atoms with Crippen LogP contribution in [-0.4, -0.2) is 5.91 Å². The van der Waals surface area contributed by atoms with Gasteiger partial charge in [0.25, 0.3) is 5.91 Å². The molecule has 0 aliphatic heterocycles. The molecule has 0 spiro atoms. The van der Waals surface area contributed by atoms with E-state index >= 15 is 0 Å². The molecule has 22 heavy (non-hydrogen) atoms. The minimum Gasteiger partial charge on any atom is -0.312 e. The van der Waals surface area contributed by atoms with Gasteiger partial charge >= 0.3 is 0 Å². The van der Waals surface area contributed by atoms with Crippen molar-refractivity contribution in [2.75, 3.05) is 5.32 Å². The molecule has 1 amide bonds. The topological polar surface area (TPSA) is 76.7 Å². The highest BCUT2D eigenvalue weighted by atomic mass is 32.1. The highest BCUT2D eigenvalue weighted by Crippen LogP contribution is 2.37. The molecule has 1 heterocycles. The number of thiophene rings is 1. The van der Waals surface area contributed by atoms with Crippen LogP contribution in [-0.2, 0) is 12.8 Å². The molecule has 1 aliphatic rings. The average molecular weight is 307 g/mol. The molecule has 0 saturated carbocycles. The number of anilines is 1. The molecule has 0 unspecified atom stereocenters. The van der Waals surface area contributed by atoms with Crippen molar-refractivity contribution in [3.8, 4) is 12.1 Å². The Labute approximate surface area is 132 Å². The van der Waals surface area contributed by atoms with E-state index in [1.807, 2.05) is 6.07 Å². The normalized spacial score (nSPS) is 12.8. The number of rotatable bonds is 2. The third-order valence-corrected chi connectivity index (χ3v) is 4.99. The molecule has 0 fully saturated rings. The zero-order valence-electron chi connectivity index (χ0n) is 11.8. The van der Waals surface area contributed by atoms with Crippen molar-refractivity contribution in [3.63, 3.8) is 0 Å². The van der Waals surface area contributed by atoms with Crippen molar-refractivity contribution in [2.24, 2.45) is 0 Å². The van der Waals surface area contributed by atoms with Gasteiger partial charge in [0.2, 0.25) is 0 Å². The Hall–Kier alpha value is -2.63. The van der Waals surface area contributed by atoms with Crippen LogP contribution in [0.3, 0.4) is 0 Å². The maximum Gasteiger partial charge on any atom is 0.256 e. The maximum absolute atomic E-state index is 12.3. The summed E-state index contributed by atoms with van der Waals surface area (Å²) in [5.74, 6) is -0.250. The zero-order valence-corrected chi connectivity index (χ0v) is 12.7. The number of amides is 1. The Morgan fingerprint density at radius 2 is 1.82 bits per heavy atom. The molecule has 3 rings (SSSR count). The molecular weight excluding hydrogens is 294 g/mol. The minimum atomic E-state index is -0.250. The number of carbonyl (C=O) groups is 1. The van der Waals surface area contributed by atoms with Gasteiger partial charge in [-0.1, -0.05) is 0 Å². The predicted octanol–water partition coefficient (Wildman–Crippen LogP) is 3.62. The zero-order chi connectivity index (χ0) is 15.5. The average Bonchev–Trinajstić information content (AvgIpc) is 2.91. The monoisotopic (exact) mass is 307 g/mol. The minimum absolute atomic E-state index is 0.250. The summed E-state index contributed by atoms with van der Waals surface area (Å²) in [5, 5.41) is 21.7. The molecule has 0 radical (unpaired) electrons. The van der Waals surface area contributed by atoms with Crippen LogP contribution in [0.1, 0.15) is 44.8 Å². The number of hydrogen-bond acceptors (Lipinski definition) is 4. The molecule has 0 saturated heterocycles. The number of aryl methyl sites for hydroxylation is 1. The lowest BCUT2D eigenvalue weighted by molar-refractivity contribution is 0.102. The van der Waals surface area contributed by atoms with Crippen molar-refractivity contribution in [3.05, 3.63) is 51.4 Å². The Balaban J connectivity index is 1.86. The first-order valence-electron chi connectivity index (χ1n) is 7.09. The van der Waals surface area contributed by atoms with Gasteiger partial charge in [0.05, 0.1) is 17.2 Å². The quantitative estimate of drug-likeness (QED) is 0.920. The lowest BCUT2D eigenvalue weighted by atomic mass is 9.96. The third-order valence-electron chi connectivity index (χ3n) is 3.79. The molecule has 0 bridgehead atoms. The highest BCUT2D eigenvalue weighted by Gasteiger charge is 2.22. The van der Waals surface area contributed by atoms with Gasteiger partial charge in [-0.3, -0.25) is 4.79 Å². The maximum atomic E-state index is 12.3. The summed E-state index contributed by atoms with van der Waals surface area (Å²) < 4.78 is 0. The smallest absolute Gasteiger partial charge is 0.256 e. The van der Waals surface area contributed by atoms with E-state index in [-0.39, 0.29) is 5.91 Å². The first-order chi connectivity index (χ1) is 10.7. The molecule has 1 N–H and O–H groups in total. The number of nitrogens with zero attached hydrogens (tertiary/aromatic N) is 2. The number of fused-ring (bicyclic) bond motifs is 1. The van der Waals surface area contributed by atoms with Crippen LogP contribution in [0.4, 0.5) is 5.00 Å². The van der Waals surface area contributed by atoms with Crippen LogP contribution >= 0.6 is 11.3 Å². The summed E-state index contributed by atoms with van der Waals surface area (Å²) in [5.41, 5.74) is 2.71. The number of carbonyl (C=O) groups excluding carboxylic acids is 1. The van der Waals surface area contributed by atoms with Crippen molar-refractivity contribution in [1.29, 1.82) is 10.5 Å². The Morgan fingerprint density at radius 1 is 1.09 bits per heavy atom. The fourth-order valence-corrected chi connectivity index (χ4v) is 3.88. The Bertz CT molecular complexity index is 806. The summed E-state index contributed by atoms with van der Waals surface area (Å²) in [6.07, 6.45) is 4.14. The standard InChI is InChI=1S/C17H13N3OS/c18-9-11-5-7-12(8-6-11)16(21)20-17-14(10-19)13-3-1-2-4-15(13)22-17/h5-8H,1-4H2,(H,20,21). The molecule has 4 nitrogen and oxygen atoms in total. The summed E-state index contributed by atoms with van der Waals surface area (Å²) in [6.45, 7) is 0. The van der Waals surface area contributed by atoms with E-state index in [0.29, 0.717) is 21.7 Å². The van der Waals surface area contributed by atoms with E-state index < -0.39 is 0 Å². The van der Waals surface area contributed by atoms with E-state index in [1.165, 1.54) is 16.2 Å². The molecule has 108 valence electrons. The first kappa shape index (κ1) is 14.3. The SMILES string of the molecule is N#Cc1ccc(C(=O)Nc2sc3c(c2C#N)CCCC3)cc1. The summed E-state index contributed by atoms with van der Waals surface area (Å²) in [4.78, 5) is 13.5. The Morgan fingerprint density at radius 3 is 2.50 bits per heavy atom. The lowest BCUT2D eigenvalue weighted by Crippen LogP contribution is -2.11. The van der Waals surface area contributed by atoms with E-state index in [4.69, 9.17) is 5.26 Å². The summed E-state index contributed by atoms with van der Waals surface area (Å²) >= 11 is 1.51. The van der Waals surface area contributed by atoms with Gasteiger partial charge in [-0.25, -0.2) is 0 Å². The van der Waals surface area contributed by atoms with Gasteiger partial charge < -0.3 is 5.32 Å². The molecule has 2 aromatic rings. The lowest BCUT2D eigenvalue weighted by Gasteiger charge is -2.09. The van der Waals surface area contributed by atoms with Crippen LogP contribution in [0.2, 0.25) is 0 Å². The third kappa shape index (κ3) is 2.59. The number of hydrogen-bond donors (Lipinski definition) is 1. The number of nitriles is 2. The van der Waals surface area contributed by atoms with Crippen LogP contribution in [0, 0.1) is 22.7 Å². The number of nitrogens with one attached hydrogen (secondary N) is 1. The van der Waals surface area contributed by atoms with E-state index in [2.05, 4.69) is 11.4 Å². The van der Waals surface area contributed by atoms with Crippen molar-refractivity contribution in [2.45, 2.75) is 25.7 Å². The fraction of sp³-hybridized carbons (Fsp3) is 0.235. The van der Waals surface area contributed by atoms with E-state index in [9.17, 15) is 10.1 Å². The van der Waals surface area contributed by atoms with Crippen LogP contribution in [0.5, 0.6) is 0 Å². The molecule has 1 aromatic heterocycles. The largest absolute Gasteiger partial charge is 0.312 e. The van der Waals surface area contributed by atoms with Gasteiger partial charge in [0, 0.05) is 10.4 Å². The summed E-state index contributed by atoms with van der Waals surface area (Å²) in [7, 11) is 0. The molecule has 1 aromatic carbocycles. The Kier molecular flexibility index (Phi) is 3.91. The van der Waals surface area contributed by atoms with Crippen LogP contribution < -0.4 is 5.32 Å². The molecular formula is C17H13N3OS. The second-order valence-electron chi connectivity index (χ2n) is 5.17. The molecule has 5 heteroatoms. The van der Waals surface area contributed by atoms with E-state index in [1.54, 1.807) is 24.3 Å². The summed E-state index contributed by atoms with van der Waals surface area (Å²) in [6, 6.07) is 10.7. The van der Waals surface area contributed by atoms with Gasteiger partial charge in [0.15, 0.2) is 0 Å². The van der Waals surface area contributed by atoms with Crippen molar-refractivity contribution in [1.82, 2.24) is 0 Å². The second kappa shape index (κ2) is 6.01. The predicted molar refractivity (Wildman–Crippen MR) is 84.8 cm³/mol. The van der Waals surface area contributed by atoms with Crippen LogP contribution in [0.15, 0.2) is 24.3 Å². The van der Waals surface area contributed by atoms with Gasteiger partial charge in [-0.05, 0) is 55.5 Å². The van der Waals surface area contributed by atoms with Crippen LogP contribution in [0.25, 0.3) is 0 Å². The van der Waals surface area contributed by atoms with Gasteiger partial charge in [0.1, 0.15) is 11.1 Å². The first-order valence-corrected chi connectivity index (χ1v) is 7.90. The highest BCUT2D eigenvalue weighted by molar-refractivity contribution is 7.16. The fourth-order valence-electron chi connectivity index (χ4n) is 2.64. The van der Waals surface area contributed by atoms with E-state index in [0.717, 1.165) is 31.2 Å². The molecule has 1 aliphatic carbocycles. The van der Waals surface area contributed by atoms with Gasteiger partial charge in [-0.2, -0.15) is 10.5 Å².